The zero-order valence-electron chi connectivity index (χ0n) is 18.1. The van der Waals surface area contributed by atoms with E-state index in [1.807, 2.05) is 78.9 Å². The number of ketones is 1. The molecule has 1 fully saturated rings. The van der Waals surface area contributed by atoms with Gasteiger partial charge in [0, 0.05) is 21.2 Å². The van der Waals surface area contributed by atoms with Crippen LogP contribution in [0.2, 0.25) is 10.0 Å². The maximum Gasteiger partial charge on any atom is 0.162 e. The molecule has 0 atom stereocenters. The van der Waals surface area contributed by atoms with Gasteiger partial charge in [-0.3, -0.25) is 4.79 Å². The molecule has 3 aromatic carbocycles. The number of thioether (sulfide) groups is 2. The van der Waals surface area contributed by atoms with E-state index < -0.39 is 0 Å². The Morgan fingerprint density at radius 2 is 1.27 bits per heavy atom. The summed E-state index contributed by atoms with van der Waals surface area (Å²) in [6.45, 7) is 1.65. The second kappa shape index (κ2) is 11.3. The van der Waals surface area contributed by atoms with Crippen molar-refractivity contribution in [2.75, 3.05) is 11.5 Å². The highest BCUT2D eigenvalue weighted by Crippen LogP contribution is 2.42. The fraction of sp³-hybridized carbons (Fsp3) is 0.143. The number of benzene rings is 3. The molecule has 1 saturated heterocycles. The van der Waals surface area contributed by atoms with E-state index in [-0.39, 0.29) is 5.78 Å². The number of halogens is 2. The van der Waals surface area contributed by atoms with E-state index in [1.54, 1.807) is 30.4 Å². The lowest BCUT2D eigenvalue weighted by molar-refractivity contribution is -0.113. The third-order valence-corrected chi connectivity index (χ3v) is 8.27. The third-order valence-electron chi connectivity index (χ3n) is 5.14. The molecule has 1 aliphatic rings. The zero-order chi connectivity index (χ0) is 23.2. The van der Waals surface area contributed by atoms with Crippen LogP contribution in [0.5, 0.6) is 0 Å². The number of rotatable bonds is 5. The normalized spacial score (nSPS) is 13.2. The van der Waals surface area contributed by atoms with Crippen LogP contribution in [0.3, 0.4) is 0 Å². The van der Waals surface area contributed by atoms with E-state index in [9.17, 15) is 4.79 Å². The molecular formula is C28H22Cl2OS2. The van der Waals surface area contributed by atoms with Gasteiger partial charge in [0.15, 0.2) is 5.78 Å². The minimum absolute atomic E-state index is 0.0461. The molecule has 166 valence electrons. The van der Waals surface area contributed by atoms with Crippen molar-refractivity contribution in [3.8, 4) is 0 Å². The van der Waals surface area contributed by atoms with Gasteiger partial charge in [0.2, 0.25) is 0 Å². The highest BCUT2D eigenvalue weighted by atomic mass is 35.5. The Bertz CT molecular complexity index is 1180. The first-order chi connectivity index (χ1) is 16.0. The lowest BCUT2D eigenvalue weighted by Gasteiger charge is -2.18. The average Bonchev–Trinajstić information content (AvgIpc) is 2.84. The van der Waals surface area contributed by atoms with Gasteiger partial charge in [-0.2, -0.15) is 0 Å². The largest absolute Gasteiger partial charge is 0.294 e. The molecule has 0 amide bonds. The predicted octanol–water partition coefficient (Wildman–Crippen LogP) is 8.78. The SMILES string of the molecule is CC(=O)C(C(=C=C(c1ccc(Cl)cc1)c1ccc(Cl)cc1)c1ccccc1)=C1SCCCS1. The highest BCUT2D eigenvalue weighted by Gasteiger charge is 2.21. The molecular weight excluding hydrogens is 487 g/mol. The van der Waals surface area contributed by atoms with Crippen LogP contribution in [0.4, 0.5) is 0 Å². The van der Waals surface area contributed by atoms with Gasteiger partial charge in [0.1, 0.15) is 0 Å². The van der Waals surface area contributed by atoms with E-state index in [0.29, 0.717) is 10.0 Å². The number of carbonyl (C=O) groups is 1. The summed E-state index contributed by atoms with van der Waals surface area (Å²) in [5.74, 6) is 2.09. The van der Waals surface area contributed by atoms with Crippen molar-refractivity contribution < 1.29 is 4.79 Å². The Morgan fingerprint density at radius 3 is 1.76 bits per heavy atom. The van der Waals surface area contributed by atoms with Crippen molar-refractivity contribution in [1.82, 2.24) is 0 Å². The topological polar surface area (TPSA) is 17.1 Å². The summed E-state index contributed by atoms with van der Waals surface area (Å²) in [4.78, 5) is 13.0. The molecule has 5 heteroatoms. The number of hydrogen-bond acceptors (Lipinski definition) is 3. The molecule has 4 rings (SSSR count). The molecule has 1 nitrogen and oxygen atoms in total. The van der Waals surface area contributed by atoms with E-state index >= 15 is 0 Å². The van der Waals surface area contributed by atoms with Crippen molar-refractivity contribution in [1.29, 1.82) is 0 Å². The highest BCUT2D eigenvalue weighted by molar-refractivity contribution is 8.22. The van der Waals surface area contributed by atoms with Gasteiger partial charge in [0.05, 0.1) is 9.81 Å². The van der Waals surface area contributed by atoms with Gasteiger partial charge in [-0.15, -0.1) is 29.3 Å². The Labute approximate surface area is 213 Å². The van der Waals surface area contributed by atoms with Crippen LogP contribution in [0, 0.1) is 0 Å². The van der Waals surface area contributed by atoms with Crippen LogP contribution in [-0.4, -0.2) is 17.3 Å². The second-order valence-corrected chi connectivity index (χ2v) is 10.9. The molecule has 0 unspecified atom stereocenters. The summed E-state index contributed by atoms with van der Waals surface area (Å²) in [6.07, 6.45) is 1.14. The number of hydrogen-bond donors (Lipinski definition) is 0. The fourth-order valence-electron chi connectivity index (χ4n) is 3.55. The average molecular weight is 510 g/mol. The number of carbonyl (C=O) groups excluding carboxylic acids is 1. The minimum atomic E-state index is 0.0461. The van der Waals surface area contributed by atoms with Gasteiger partial charge in [-0.1, -0.05) is 77.8 Å². The van der Waals surface area contributed by atoms with Crippen molar-refractivity contribution >= 4 is 63.7 Å². The first-order valence-corrected chi connectivity index (χ1v) is 13.3. The van der Waals surface area contributed by atoms with Crippen molar-refractivity contribution in [3.05, 3.63) is 121 Å². The van der Waals surface area contributed by atoms with Gasteiger partial charge < -0.3 is 0 Å². The molecule has 0 N–H and O–H groups in total. The summed E-state index contributed by atoms with van der Waals surface area (Å²) in [7, 11) is 0. The second-order valence-electron chi connectivity index (χ2n) is 7.52. The van der Waals surface area contributed by atoms with Crippen LogP contribution in [0.25, 0.3) is 11.1 Å². The van der Waals surface area contributed by atoms with Gasteiger partial charge in [0.25, 0.3) is 0 Å². The summed E-state index contributed by atoms with van der Waals surface area (Å²) in [5, 5.41) is 1.34. The summed E-state index contributed by atoms with van der Waals surface area (Å²) in [5.41, 5.74) is 8.97. The van der Waals surface area contributed by atoms with Crippen molar-refractivity contribution in [3.63, 3.8) is 0 Å². The number of allylic oxidation sites excluding steroid dienone is 2. The molecule has 0 spiro atoms. The standard InChI is InChI=1S/C28H22Cl2OS2/c1-19(31)27(28-32-16-5-17-33-28)26(20-6-3-2-4-7-20)18-25(21-8-12-23(29)13-9-21)22-10-14-24(30)15-11-22/h2-4,6-15H,5,16-17H2,1H3. The molecule has 0 aliphatic carbocycles. The van der Waals surface area contributed by atoms with Crippen molar-refractivity contribution in [2.45, 2.75) is 13.3 Å². The third kappa shape index (κ3) is 6.06. The van der Waals surface area contributed by atoms with Gasteiger partial charge in [-0.05, 0) is 65.8 Å². The Morgan fingerprint density at radius 1 is 0.758 bits per heavy atom. The predicted molar refractivity (Wildman–Crippen MR) is 146 cm³/mol. The fourth-order valence-corrected chi connectivity index (χ4v) is 6.55. The van der Waals surface area contributed by atoms with Crippen LogP contribution < -0.4 is 0 Å². The maximum absolute atomic E-state index is 13.0. The quantitative estimate of drug-likeness (QED) is 0.253. The van der Waals surface area contributed by atoms with Crippen molar-refractivity contribution in [2.24, 2.45) is 0 Å². The molecule has 0 aromatic heterocycles. The van der Waals surface area contributed by atoms with Gasteiger partial charge >= 0.3 is 0 Å². The maximum atomic E-state index is 13.0. The lowest BCUT2D eigenvalue weighted by Crippen LogP contribution is -2.05. The summed E-state index contributed by atoms with van der Waals surface area (Å²) >= 11 is 15.9. The molecule has 0 saturated carbocycles. The molecule has 0 radical (unpaired) electrons. The Hall–Kier alpha value is -2.13. The smallest absolute Gasteiger partial charge is 0.162 e. The van der Waals surface area contributed by atoms with Crippen LogP contribution >= 0.6 is 46.7 Å². The molecule has 0 bridgehead atoms. The minimum Gasteiger partial charge on any atom is -0.294 e. The molecule has 1 aliphatic heterocycles. The van der Waals surface area contributed by atoms with E-state index in [1.165, 1.54) is 0 Å². The first-order valence-electron chi connectivity index (χ1n) is 10.6. The van der Waals surface area contributed by atoms with E-state index in [0.717, 1.165) is 55.6 Å². The monoisotopic (exact) mass is 508 g/mol. The summed E-state index contributed by atoms with van der Waals surface area (Å²) in [6, 6.07) is 25.4. The first kappa shape index (κ1) is 24.0. The van der Waals surface area contributed by atoms with E-state index in [2.05, 4.69) is 5.73 Å². The lowest BCUT2D eigenvalue weighted by atomic mass is 9.92. The van der Waals surface area contributed by atoms with Crippen LogP contribution in [0.1, 0.15) is 30.0 Å². The van der Waals surface area contributed by atoms with Crippen LogP contribution in [-0.2, 0) is 4.79 Å². The Kier molecular flexibility index (Phi) is 8.25. The molecule has 33 heavy (non-hydrogen) atoms. The zero-order valence-corrected chi connectivity index (χ0v) is 21.3. The van der Waals surface area contributed by atoms with Crippen LogP contribution in [0.15, 0.2) is 94.4 Å². The Balaban J connectivity index is 2.08. The molecule has 3 aromatic rings. The van der Waals surface area contributed by atoms with E-state index in [4.69, 9.17) is 23.2 Å². The van der Waals surface area contributed by atoms with Gasteiger partial charge in [-0.25, -0.2) is 0 Å². The summed E-state index contributed by atoms with van der Waals surface area (Å²) < 4.78 is 1.08. The number of Topliss-reactive ketones (excluding diaryl/α,β-unsaturated/α-hetero) is 1. The molecule has 1 heterocycles.